The molecule has 0 radical (unpaired) electrons. The predicted molar refractivity (Wildman–Crippen MR) is 75.9 cm³/mol. The normalized spacial score (nSPS) is 10.9. The van der Waals surface area contributed by atoms with Crippen molar-refractivity contribution in [2.45, 2.75) is 32.9 Å². The lowest BCUT2D eigenvalue weighted by Crippen LogP contribution is -2.00. The van der Waals surface area contributed by atoms with Gasteiger partial charge < -0.3 is 10.4 Å². The fourth-order valence-electron chi connectivity index (χ4n) is 1.68. The third-order valence-corrected chi connectivity index (χ3v) is 4.00. The smallest absolute Gasteiger partial charge is 0.0953 e. The van der Waals surface area contributed by atoms with E-state index in [-0.39, 0.29) is 6.61 Å². The van der Waals surface area contributed by atoms with E-state index < -0.39 is 0 Å². The van der Waals surface area contributed by atoms with Crippen LogP contribution in [-0.2, 0) is 13.2 Å². The number of hydrogen-bond acceptors (Lipinski definition) is 4. The largest absolute Gasteiger partial charge is 0.392 e. The number of rotatable bonds is 5. The van der Waals surface area contributed by atoms with Crippen molar-refractivity contribution in [3.8, 4) is 0 Å². The van der Waals surface area contributed by atoms with Crippen LogP contribution in [0, 0.1) is 0 Å². The van der Waals surface area contributed by atoms with Crippen molar-refractivity contribution in [1.29, 1.82) is 0 Å². The highest BCUT2D eigenvalue weighted by Crippen LogP contribution is 2.22. The molecule has 0 aliphatic carbocycles. The van der Waals surface area contributed by atoms with Gasteiger partial charge in [-0.25, -0.2) is 4.98 Å². The van der Waals surface area contributed by atoms with Crippen LogP contribution >= 0.6 is 11.3 Å². The zero-order valence-corrected chi connectivity index (χ0v) is 11.5. The first-order valence-corrected chi connectivity index (χ1v) is 6.89. The van der Waals surface area contributed by atoms with Gasteiger partial charge >= 0.3 is 0 Å². The van der Waals surface area contributed by atoms with Gasteiger partial charge in [-0.2, -0.15) is 0 Å². The second-order valence-corrected chi connectivity index (χ2v) is 5.64. The molecule has 18 heavy (non-hydrogen) atoms. The SMILES string of the molecule is CC(C)c1ncc(CNc2ccccc2CO)s1. The lowest BCUT2D eigenvalue weighted by molar-refractivity contribution is 0.282. The lowest BCUT2D eigenvalue weighted by atomic mass is 10.2. The molecule has 1 aromatic carbocycles. The summed E-state index contributed by atoms with van der Waals surface area (Å²) in [4.78, 5) is 5.61. The summed E-state index contributed by atoms with van der Waals surface area (Å²) in [5, 5.41) is 13.8. The molecule has 0 saturated heterocycles. The monoisotopic (exact) mass is 262 g/mol. The van der Waals surface area contributed by atoms with Crippen LogP contribution in [0.3, 0.4) is 0 Å². The Bertz CT molecular complexity index is 508. The van der Waals surface area contributed by atoms with Crippen LogP contribution < -0.4 is 5.32 Å². The molecule has 0 spiro atoms. The summed E-state index contributed by atoms with van der Waals surface area (Å²) < 4.78 is 0. The highest BCUT2D eigenvalue weighted by molar-refractivity contribution is 7.11. The molecule has 1 aromatic heterocycles. The van der Waals surface area contributed by atoms with Gasteiger partial charge in [-0.3, -0.25) is 0 Å². The van der Waals surface area contributed by atoms with E-state index in [1.807, 2.05) is 30.5 Å². The number of para-hydroxylation sites is 1. The Kier molecular flexibility index (Phi) is 4.33. The summed E-state index contributed by atoms with van der Waals surface area (Å²) in [6.45, 7) is 5.11. The number of benzene rings is 1. The average molecular weight is 262 g/mol. The maximum absolute atomic E-state index is 9.24. The lowest BCUT2D eigenvalue weighted by Gasteiger charge is -2.08. The number of hydrogen-bond donors (Lipinski definition) is 2. The molecule has 0 amide bonds. The highest BCUT2D eigenvalue weighted by atomic mass is 32.1. The van der Waals surface area contributed by atoms with Crippen molar-refractivity contribution in [2.75, 3.05) is 5.32 Å². The molecular formula is C14H18N2OS. The second kappa shape index (κ2) is 5.98. The number of nitrogens with one attached hydrogen (secondary N) is 1. The van der Waals surface area contributed by atoms with E-state index in [2.05, 4.69) is 24.1 Å². The van der Waals surface area contributed by atoms with Gasteiger partial charge in [0.1, 0.15) is 0 Å². The molecule has 2 N–H and O–H groups in total. The highest BCUT2D eigenvalue weighted by Gasteiger charge is 2.06. The van der Waals surface area contributed by atoms with Gasteiger partial charge in [0.05, 0.1) is 18.2 Å². The molecule has 4 heteroatoms. The summed E-state index contributed by atoms with van der Waals surface area (Å²) in [5.74, 6) is 0.480. The first kappa shape index (κ1) is 13.1. The maximum atomic E-state index is 9.24. The van der Waals surface area contributed by atoms with E-state index in [1.54, 1.807) is 11.3 Å². The Morgan fingerprint density at radius 2 is 2.11 bits per heavy atom. The zero-order chi connectivity index (χ0) is 13.0. The third-order valence-electron chi connectivity index (χ3n) is 2.71. The Labute approximate surface area is 112 Å². The van der Waals surface area contributed by atoms with Crippen molar-refractivity contribution < 1.29 is 5.11 Å². The van der Waals surface area contributed by atoms with Gasteiger partial charge in [0, 0.05) is 28.2 Å². The van der Waals surface area contributed by atoms with E-state index in [4.69, 9.17) is 0 Å². The molecular weight excluding hydrogens is 244 g/mol. The first-order chi connectivity index (χ1) is 8.70. The Balaban J connectivity index is 2.02. The molecule has 0 saturated carbocycles. The minimum atomic E-state index is 0.0586. The van der Waals surface area contributed by atoms with Gasteiger partial charge in [-0.1, -0.05) is 32.0 Å². The number of thiazole rings is 1. The molecule has 0 aliphatic heterocycles. The molecule has 2 rings (SSSR count). The molecule has 0 bridgehead atoms. The minimum absolute atomic E-state index is 0.0586. The van der Waals surface area contributed by atoms with E-state index in [0.717, 1.165) is 17.8 Å². The van der Waals surface area contributed by atoms with Crippen LogP contribution in [0.1, 0.15) is 35.2 Å². The molecule has 0 atom stereocenters. The van der Waals surface area contributed by atoms with Gasteiger partial charge in [0.25, 0.3) is 0 Å². The first-order valence-electron chi connectivity index (χ1n) is 6.08. The van der Waals surface area contributed by atoms with Crippen molar-refractivity contribution in [1.82, 2.24) is 4.98 Å². The van der Waals surface area contributed by atoms with Crippen molar-refractivity contribution in [3.05, 3.63) is 45.9 Å². The summed E-state index contributed by atoms with van der Waals surface area (Å²) in [6.07, 6.45) is 1.93. The van der Waals surface area contributed by atoms with Crippen molar-refractivity contribution >= 4 is 17.0 Å². The second-order valence-electron chi connectivity index (χ2n) is 4.49. The number of aliphatic hydroxyl groups excluding tert-OH is 1. The molecule has 0 unspecified atom stereocenters. The summed E-state index contributed by atoms with van der Waals surface area (Å²) in [5.41, 5.74) is 1.91. The fraction of sp³-hybridized carbons (Fsp3) is 0.357. The molecule has 1 heterocycles. The molecule has 0 aliphatic rings. The Morgan fingerprint density at radius 3 is 2.78 bits per heavy atom. The molecule has 0 fully saturated rings. The van der Waals surface area contributed by atoms with Crippen LogP contribution in [0.4, 0.5) is 5.69 Å². The topological polar surface area (TPSA) is 45.2 Å². The van der Waals surface area contributed by atoms with Crippen LogP contribution in [0.25, 0.3) is 0 Å². The van der Waals surface area contributed by atoms with Crippen molar-refractivity contribution in [3.63, 3.8) is 0 Å². The maximum Gasteiger partial charge on any atom is 0.0953 e. The number of anilines is 1. The summed E-state index contributed by atoms with van der Waals surface area (Å²) in [7, 11) is 0. The van der Waals surface area contributed by atoms with Crippen LogP contribution in [-0.4, -0.2) is 10.1 Å². The molecule has 3 nitrogen and oxygen atoms in total. The van der Waals surface area contributed by atoms with Crippen LogP contribution in [0.5, 0.6) is 0 Å². The fourth-order valence-corrected chi connectivity index (χ4v) is 2.54. The van der Waals surface area contributed by atoms with Gasteiger partial charge in [-0.05, 0) is 6.07 Å². The van der Waals surface area contributed by atoms with E-state index in [1.165, 1.54) is 9.88 Å². The Hall–Kier alpha value is -1.39. The average Bonchev–Trinajstić information content (AvgIpc) is 2.85. The third kappa shape index (κ3) is 3.09. The van der Waals surface area contributed by atoms with Crippen LogP contribution in [0.2, 0.25) is 0 Å². The van der Waals surface area contributed by atoms with E-state index in [0.29, 0.717) is 5.92 Å². The predicted octanol–water partition coefficient (Wildman–Crippen LogP) is 3.37. The van der Waals surface area contributed by atoms with Gasteiger partial charge in [-0.15, -0.1) is 11.3 Å². The van der Waals surface area contributed by atoms with Gasteiger partial charge in [0.15, 0.2) is 0 Å². The van der Waals surface area contributed by atoms with Crippen molar-refractivity contribution in [2.24, 2.45) is 0 Å². The zero-order valence-electron chi connectivity index (χ0n) is 10.7. The number of aliphatic hydroxyl groups is 1. The Morgan fingerprint density at radius 1 is 1.33 bits per heavy atom. The number of nitrogens with zero attached hydrogens (tertiary/aromatic N) is 1. The quantitative estimate of drug-likeness (QED) is 0.868. The van der Waals surface area contributed by atoms with Crippen LogP contribution in [0.15, 0.2) is 30.5 Å². The number of aromatic nitrogens is 1. The standard InChI is InChI=1S/C14H18N2OS/c1-10(2)14-16-8-12(18-14)7-15-13-6-4-3-5-11(13)9-17/h3-6,8,10,15,17H,7,9H2,1-2H3. The van der Waals surface area contributed by atoms with E-state index >= 15 is 0 Å². The molecule has 96 valence electrons. The summed E-state index contributed by atoms with van der Waals surface area (Å²) >= 11 is 1.74. The summed E-state index contributed by atoms with van der Waals surface area (Å²) in [6, 6.07) is 7.80. The molecule has 2 aromatic rings. The van der Waals surface area contributed by atoms with Gasteiger partial charge in [0.2, 0.25) is 0 Å². The van der Waals surface area contributed by atoms with E-state index in [9.17, 15) is 5.11 Å². The minimum Gasteiger partial charge on any atom is -0.392 e.